The van der Waals surface area contributed by atoms with E-state index in [-0.39, 0.29) is 0 Å². The van der Waals surface area contributed by atoms with Crippen molar-refractivity contribution in [3.63, 3.8) is 0 Å². The first-order chi connectivity index (χ1) is 9.40. The van der Waals surface area contributed by atoms with E-state index in [1.165, 1.54) is 0 Å². The zero-order chi connectivity index (χ0) is 14.8. The fourth-order valence-electron chi connectivity index (χ4n) is 2.08. The predicted octanol–water partition coefficient (Wildman–Crippen LogP) is 2.18. The van der Waals surface area contributed by atoms with E-state index in [0.717, 1.165) is 24.0 Å². The smallest absolute Gasteiger partial charge is 0.240 e. The molecule has 1 fully saturated rings. The molecule has 0 aliphatic heterocycles. The van der Waals surface area contributed by atoms with Crippen molar-refractivity contribution in [3.05, 3.63) is 29.3 Å². The Morgan fingerprint density at radius 3 is 2.60 bits per heavy atom. The third-order valence-corrected chi connectivity index (χ3v) is 5.21. The Morgan fingerprint density at radius 1 is 1.30 bits per heavy atom. The summed E-state index contributed by atoms with van der Waals surface area (Å²) in [4.78, 5) is 0.404. The van der Waals surface area contributed by atoms with Crippen LogP contribution in [-0.2, 0) is 16.6 Å². The zero-order valence-corrected chi connectivity index (χ0v) is 13.3. The van der Waals surface area contributed by atoms with Crippen molar-refractivity contribution in [3.8, 4) is 0 Å². The topological polar surface area (TPSA) is 58.2 Å². The lowest BCUT2D eigenvalue weighted by Crippen LogP contribution is -2.27. The number of hydrogen-bond donors (Lipinski definition) is 2. The molecule has 5 heteroatoms. The summed E-state index contributed by atoms with van der Waals surface area (Å²) in [6, 6.07) is 5.85. The second-order valence-corrected chi connectivity index (χ2v) is 7.61. The Kier molecular flexibility index (Phi) is 4.83. The number of rotatable bonds is 7. The molecular weight excluding hydrogens is 272 g/mol. The molecule has 0 saturated heterocycles. The third-order valence-electron chi connectivity index (χ3n) is 3.65. The van der Waals surface area contributed by atoms with E-state index in [1.807, 2.05) is 19.1 Å². The van der Waals surface area contributed by atoms with E-state index < -0.39 is 10.0 Å². The molecule has 20 heavy (non-hydrogen) atoms. The van der Waals surface area contributed by atoms with Crippen LogP contribution in [0.3, 0.4) is 0 Å². The van der Waals surface area contributed by atoms with Crippen molar-refractivity contribution in [1.82, 2.24) is 10.0 Å². The van der Waals surface area contributed by atoms with Gasteiger partial charge in [-0.05, 0) is 42.9 Å². The largest absolute Gasteiger partial charge is 0.310 e. The highest BCUT2D eigenvalue weighted by atomic mass is 32.2. The summed E-state index contributed by atoms with van der Waals surface area (Å²) in [5.41, 5.74) is 1.87. The zero-order valence-electron chi connectivity index (χ0n) is 12.4. The molecule has 0 aromatic heterocycles. The summed E-state index contributed by atoms with van der Waals surface area (Å²) >= 11 is 0. The van der Waals surface area contributed by atoms with Crippen molar-refractivity contribution >= 4 is 10.0 Å². The van der Waals surface area contributed by atoms with Crippen molar-refractivity contribution < 1.29 is 8.42 Å². The lowest BCUT2D eigenvalue weighted by Gasteiger charge is -2.14. The van der Waals surface area contributed by atoms with Gasteiger partial charge in [0.15, 0.2) is 0 Å². The molecule has 1 aliphatic carbocycles. The Balaban J connectivity index is 2.15. The van der Waals surface area contributed by atoms with Crippen LogP contribution in [-0.4, -0.2) is 21.0 Å². The number of sulfonamides is 1. The van der Waals surface area contributed by atoms with Crippen LogP contribution in [0.5, 0.6) is 0 Å². The monoisotopic (exact) mass is 296 g/mol. The molecule has 112 valence electrons. The van der Waals surface area contributed by atoms with Crippen LogP contribution < -0.4 is 10.0 Å². The minimum absolute atomic E-state index is 0.377. The van der Waals surface area contributed by atoms with Gasteiger partial charge in [-0.3, -0.25) is 0 Å². The van der Waals surface area contributed by atoms with Gasteiger partial charge in [0.25, 0.3) is 0 Å². The van der Waals surface area contributed by atoms with Crippen molar-refractivity contribution in [1.29, 1.82) is 0 Å². The van der Waals surface area contributed by atoms with Crippen molar-refractivity contribution in [2.45, 2.75) is 51.1 Å². The summed E-state index contributed by atoms with van der Waals surface area (Å²) in [5, 5.41) is 3.33. The molecule has 1 aliphatic rings. The third kappa shape index (κ3) is 4.04. The summed E-state index contributed by atoms with van der Waals surface area (Å²) in [6.07, 6.45) is 2.28. The summed E-state index contributed by atoms with van der Waals surface area (Å²) in [5.74, 6) is 0.538. The van der Waals surface area contributed by atoms with E-state index >= 15 is 0 Å². The summed E-state index contributed by atoms with van der Waals surface area (Å²) < 4.78 is 27.4. The normalized spacial score (nSPS) is 15.8. The molecule has 0 heterocycles. The molecule has 0 unspecified atom stereocenters. The Hall–Kier alpha value is -0.910. The first-order valence-corrected chi connectivity index (χ1v) is 8.70. The molecule has 2 N–H and O–H groups in total. The lowest BCUT2D eigenvalue weighted by molar-refractivity contribution is 0.574. The van der Waals surface area contributed by atoms with Gasteiger partial charge in [0.1, 0.15) is 0 Å². The van der Waals surface area contributed by atoms with Gasteiger partial charge in [0.2, 0.25) is 10.0 Å². The van der Waals surface area contributed by atoms with Gasteiger partial charge < -0.3 is 5.32 Å². The molecule has 0 amide bonds. The number of benzene rings is 1. The molecule has 0 radical (unpaired) electrons. The Bertz CT molecular complexity index is 563. The second kappa shape index (κ2) is 6.24. The summed E-state index contributed by atoms with van der Waals surface area (Å²) in [7, 11) is -3.38. The number of nitrogens with one attached hydrogen (secondary N) is 2. The average Bonchev–Trinajstić information content (AvgIpc) is 3.19. The van der Waals surface area contributed by atoms with Crippen molar-refractivity contribution in [2.75, 3.05) is 6.54 Å². The van der Waals surface area contributed by atoms with Crippen molar-refractivity contribution in [2.24, 2.45) is 5.92 Å². The van der Waals surface area contributed by atoms with Gasteiger partial charge in [-0.15, -0.1) is 0 Å². The van der Waals surface area contributed by atoms with Crippen LogP contribution in [0, 0.1) is 12.8 Å². The predicted molar refractivity (Wildman–Crippen MR) is 81.1 cm³/mol. The highest BCUT2D eigenvalue weighted by molar-refractivity contribution is 7.89. The first kappa shape index (κ1) is 15.5. The lowest BCUT2D eigenvalue weighted by atomic mass is 10.1. The van der Waals surface area contributed by atoms with Crippen LogP contribution in [0.4, 0.5) is 0 Å². The van der Waals surface area contributed by atoms with Crippen LogP contribution in [0.15, 0.2) is 23.1 Å². The molecule has 1 aromatic rings. The van der Waals surface area contributed by atoms with E-state index in [0.29, 0.717) is 29.9 Å². The van der Waals surface area contributed by atoms with Gasteiger partial charge in [-0.2, -0.15) is 0 Å². The minimum Gasteiger partial charge on any atom is -0.310 e. The molecule has 0 bridgehead atoms. The number of hydrogen-bond acceptors (Lipinski definition) is 3. The van der Waals surface area contributed by atoms with E-state index in [2.05, 4.69) is 23.9 Å². The van der Waals surface area contributed by atoms with E-state index in [1.54, 1.807) is 6.07 Å². The van der Waals surface area contributed by atoms with Crippen LogP contribution in [0.2, 0.25) is 0 Å². The van der Waals surface area contributed by atoms with E-state index in [9.17, 15) is 8.42 Å². The van der Waals surface area contributed by atoms with Crippen LogP contribution in [0.1, 0.15) is 37.8 Å². The van der Waals surface area contributed by atoms with Gasteiger partial charge in [-0.25, -0.2) is 13.1 Å². The second-order valence-electron chi connectivity index (χ2n) is 5.87. The Labute approximate surface area is 122 Å². The molecular formula is C15H24N2O2S. The first-order valence-electron chi connectivity index (χ1n) is 7.21. The van der Waals surface area contributed by atoms with Crippen LogP contribution >= 0.6 is 0 Å². The van der Waals surface area contributed by atoms with Crippen LogP contribution in [0.25, 0.3) is 0 Å². The van der Waals surface area contributed by atoms with Gasteiger partial charge >= 0.3 is 0 Å². The average molecular weight is 296 g/mol. The van der Waals surface area contributed by atoms with E-state index in [4.69, 9.17) is 0 Å². The minimum atomic E-state index is -3.38. The molecule has 0 atom stereocenters. The quantitative estimate of drug-likeness (QED) is 0.811. The molecule has 4 nitrogen and oxygen atoms in total. The maximum atomic E-state index is 12.3. The fraction of sp³-hybridized carbons (Fsp3) is 0.600. The maximum absolute atomic E-state index is 12.3. The summed E-state index contributed by atoms with van der Waals surface area (Å²) in [6.45, 7) is 7.29. The van der Waals surface area contributed by atoms with Gasteiger partial charge in [0.05, 0.1) is 4.90 Å². The maximum Gasteiger partial charge on any atom is 0.240 e. The fourth-order valence-corrected chi connectivity index (χ4v) is 3.49. The molecule has 2 rings (SSSR count). The molecule has 0 spiro atoms. The molecule has 1 saturated carbocycles. The van der Waals surface area contributed by atoms with Gasteiger partial charge in [-0.1, -0.05) is 26.0 Å². The highest BCUT2D eigenvalue weighted by Gasteiger charge is 2.25. The highest BCUT2D eigenvalue weighted by Crippen LogP contribution is 2.28. The molecule has 1 aromatic carbocycles. The standard InChI is InChI=1S/C15H24N2O2S/c1-11(2)16-10-14-5-4-6-15(12(14)3)20(18,19)17-9-13-7-8-13/h4-6,11,13,16-17H,7-10H2,1-3H3. The Morgan fingerprint density at radius 2 is 2.00 bits per heavy atom. The SMILES string of the molecule is Cc1c(CNC(C)C)cccc1S(=O)(=O)NCC1CC1. The van der Waals surface area contributed by atoms with Gasteiger partial charge in [0, 0.05) is 19.1 Å².